The number of nitrogens with zero attached hydrogens (tertiary/aromatic N) is 2. The van der Waals surface area contributed by atoms with Crippen LogP contribution in [0.1, 0.15) is 63.7 Å². The normalized spacial score (nSPS) is 24.4. The summed E-state index contributed by atoms with van der Waals surface area (Å²) < 4.78 is 0. The summed E-state index contributed by atoms with van der Waals surface area (Å²) in [5.41, 5.74) is 1.45. The van der Waals surface area contributed by atoms with Crippen molar-refractivity contribution in [3.05, 3.63) is 16.1 Å². The van der Waals surface area contributed by atoms with Crippen molar-refractivity contribution in [3.8, 4) is 0 Å². The second-order valence-corrected chi connectivity index (χ2v) is 8.22. The summed E-state index contributed by atoms with van der Waals surface area (Å²) in [4.78, 5) is 7.49. The van der Waals surface area contributed by atoms with Crippen LogP contribution >= 0.6 is 11.3 Å². The molecule has 0 aliphatic carbocycles. The highest BCUT2D eigenvalue weighted by Gasteiger charge is 2.32. The van der Waals surface area contributed by atoms with E-state index in [0.29, 0.717) is 12.0 Å². The van der Waals surface area contributed by atoms with Crippen molar-refractivity contribution >= 4 is 11.3 Å². The second kappa shape index (κ2) is 7.21. The lowest BCUT2D eigenvalue weighted by Gasteiger charge is -2.38. The van der Waals surface area contributed by atoms with Crippen LogP contribution in [0.4, 0.5) is 0 Å². The minimum atomic E-state index is 0.159. The van der Waals surface area contributed by atoms with E-state index in [0.717, 1.165) is 13.1 Å². The Bertz CT molecular complexity index is 435. The molecule has 0 aromatic carbocycles. The molecule has 1 fully saturated rings. The molecule has 1 N–H and O–H groups in total. The lowest BCUT2D eigenvalue weighted by Crippen LogP contribution is -2.40. The number of likely N-dealkylation sites (tertiary alicyclic amines) is 1. The molecule has 0 saturated carbocycles. The van der Waals surface area contributed by atoms with Crippen molar-refractivity contribution < 1.29 is 0 Å². The molecule has 1 aromatic rings. The molecule has 1 aromatic heterocycles. The van der Waals surface area contributed by atoms with Crippen LogP contribution in [0, 0.1) is 5.92 Å². The maximum absolute atomic E-state index is 4.98. The van der Waals surface area contributed by atoms with Gasteiger partial charge in [0.2, 0.25) is 0 Å². The van der Waals surface area contributed by atoms with E-state index in [-0.39, 0.29) is 5.41 Å². The molecular formula is C17H31N3S. The van der Waals surface area contributed by atoms with Crippen molar-refractivity contribution in [2.24, 2.45) is 5.92 Å². The van der Waals surface area contributed by atoms with Crippen molar-refractivity contribution in [3.63, 3.8) is 0 Å². The van der Waals surface area contributed by atoms with E-state index >= 15 is 0 Å². The van der Waals surface area contributed by atoms with E-state index in [4.69, 9.17) is 4.98 Å². The highest BCUT2D eigenvalue weighted by molar-refractivity contribution is 7.09. The maximum atomic E-state index is 4.98. The van der Waals surface area contributed by atoms with Crippen LogP contribution in [0.2, 0.25) is 0 Å². The Labute approximate surface area is 134 Å². The first-order valence-corrected chi connectivity index (χ1v) is 9.18. The first kappa shape index (κ1) is 16.9. The zero-order valence-corrected chi connectivity index (χ0v) is 15.1. The number of hydrogen-bond donors (Lipinski definition) is 1. The number of aromatic nitrogens is 1. The van der Waals surface area contributed by atoms with Crippen LogP contribution < -0.4 is 5.32 Å². The summed E-state index contributed by atoms with van der Waals surface area (Å²) in [5, 5.41) is 7.16. The molecule has 0 bridgehead atoms. The Morgan fingerprint density at radius 1 is 1.43 bits per heavy atom. The smallest absolute Gasteiger partial charge is 0.0982 e. The molecule has 1 aliphatic rings. The van der Waals surface area contributed by atoms with Crippen molar-refractivity contribution in [1.29, 1.82) is 0 Å². The van der Waals surface area contributed by atoms with E-state index < -0.39 is 0 Å². The summed E-state index contributed by atoms with van der Waals surface area (Å²) in [5.74, 6) is 0.685. The molecule has 1 saturated heterocycles. The average Bonchev–Trinajstić information content (AvgIpc) is 2.88. The fourth-order valence-corrected chi connectivity index (χ4v) is 4.11. The van der Waals surface area contributed by atoms with Gasteiger partial charge in [-0.1, -0.05) is 27.7 Å². The van der Waals surface area contributed by atoms with Crippen molar-refractivity contribution in [1.82, 2.24) is 15.2 Å². The Morgan fingerprint density at radius 2 is 2.19 bits per heavy atom. The highest BCUT2D eigenvalue weighted by atomic mass is 32.1. The fourth-order valence-electron chi connectivity index (χ4n) is 3.17. The van der Waals surface area contributed by atoms with Crippen LogP contribution in [0.25, 0.3) is 0 Å². The minimum absolute atomic E-state index is 0.159. The first-order chi connectivity index (χ1) is 9.93. The molecule has 2 heterocycles. The monoisotopic (exact) mass is 309 g/mol. The van der Waals surface area contributed by atoms with Gasteiger partial charge in [-0.3, -0.25) is 4.90 Å². The predicted octanol–water partition coefficient (Wildman–Crippen LogP) is 3.82. The largest absolute Gasteiger partial charge is 0.316 e. The van der Waals surface area contributed by atoms with Crippen LogP contribution in [0.15, 0.2) is 5.38 Å². The molecule has 4 heteroatoms. The standard InChI is InChI=1S/C17H31N3S/c1-6-9-18-11-13-8-7-10-20(5)15(13)14-12-21-16(19-14)17(2,3)4/h12-13,15,18H,6-11H2,1-5H3. The van der Waals surface area contributed by atoms with E-state index in [1.54, 1.807) is 0 Å². The summed E-state index contributed by atoms with van der Waals surface area (Å²) in [7, 11) is 2.26. The molecule has 3 nitrogen and oxygen atoms in total. The van der Waals surface area contributed by atoms with Gasteiger partial charge in [-0.15, -0.1) is 11.3 Å². The molecule has 0 amide bonds. The van der Waals surface area contributed by atoms with Gasteiger partial charge in [0.25, 0.3) is 0 Å². The molecule has 2 rings (SSSR count). The van der Waals surface area contributed by atoms with Gasteiger partial charge in [0, 0.05) is 10.8 Å². The zero-order valence-electron chi connectivity index (χ0n) is 14.3. The van der Waals surface area contributed by atoms with Gasteiger partial charge in [0.1, 0.15) is 0 Å². The zero-order chi connectivity index (χ0) is 15.5. The van der Waals surface area contributed by atoms with Crippen LogP contribution in [-0.2, 0) is 5.41 Å². The average molecular weight is 310 g/mol. The topological polar surface area (TPSA) is 28.2 Å². The minimum Gasteiger partial charge on any atom is -0.316 e. The van der Waals surface area contributed by atoms with E-state index in [9.17, 15) is 0 Å². The molecule has 1 aliphatic heterocycles. The molecule has 0 radical (unpaired) electrons. The summed E-state index contributed by atoms with van der Waals surface area (Å²) in [6.07, 6.45) is 3.83. The summed E-state index contributed by atoms with van der Waals surface area (Å²) in [6, 6.07) is 0.482. The number of piperidine rings is 1. The third-order valence-electron chi connectivity index (χ3n) is 4.31. The SMILES string of the molecule is CCCNCC1CCCN(C)C1c1csc(C(C)(C)C)n1. The van der Waals surface area contributed by atoms with Crippen LogP contribution in [0.5, 0.6) is 0 Å². The Hall–Kier alpha value is -0.450. The first-order valence-electron chi connectivity index (χ1n) is 8.30. The number of hydrogen-bond acceptors (Lipinski definition) is 4. The third-order valence-corrected chi connectivity index (χ3v) is 5.59. The third kappa shape index (κ3) is 4.27. The Morgan fingerprint density at radius 3 is 2.81 bits per heavy atom. The van der Waals surface area contributed by atoms with Crippen LogP contribution in [0.3, 0.4) is 0 Å². The van der Waals surface area contributed by atoms with Gasteiger partial charge in [-0.2, -0.15) is 0 Å². The lowest BCUT2D eigenvalue weighted by atomic mass is 9.87. The Balaban J connectivity index is 2.13. The van der Waals surface area contributed by atoms with E-state index in [1.807, 2.05) is 11.3 Å². The molecule has 0 spiro atoms. The Kier molecular flexibility index (Phi) is 5.81. The fraction of sp³-hybridized carbons (Fsp3) is 0.824. The number of nitrogens with one attached hydrogen (secondary N) is 1. The number of thiazole rings is 1. The van der Waals surface area contributed by atoms with Crippen LogP contribution in [-0.4, -0.2) is 36.6 Å². The maximum Gasteiger partial charge on any atom is 0.0982 e. The van der Waals surface area contributed by atoms with E-state index in [2.05, 4.69) is 50.3 Å². The molecule has 120 valence electrons. The molecular weight excluding hydrogens is 278 g/mol. The van der Waals surface area contributed by atoms with Gasteiger partial charge in [-0.25, -0.2) is 4.98 Å². The number of rotatable bonds is 5. The summed E-state index contributed by atoms with van der Waals surface area (Å²) >= 11 is 1.82. The van der Waals surface area contributed by atoms with Crippen molar-refractivity contribution in [2.45, 2.75) is 58.4 Å². The molecule has 2 unspecified atom stereocenters. The second-order valence-electron chi connectivity index (χ2n) is 7.36. The lowest BCUT2D eigenvalue weighted by molar-refractivity contribution is 0.116. The molecule has 21 heavy (non-hydrogen) atoms. The quantitative estimate of drug-likeness (QED) is 0.838. The van der Waals surface area contributed by atoms with E-state index in [1.165, 1.54) is 36.5 Å². The highest BCUT2D eigenvalue weighted by Crippen LogP contribution is 2.37. The van der Waals surface area contributed by atoms with Gasteiger partial charge in [-0.05, 0) is 51.9 Å². The van der Waals surface area contributed by atoms with Gasteiger partial charge < -0.3 is 5.32 Å². The van der Waals surface area contributed by atoms with Gasteiger partial charge >= 0.3 is 0 Å². The summed E-state index contributed by atoms with van der Waals surface area (Å²) in [6.45, 7) is 12.4. The predicted molar refractivity (Wildman–Crippen MR) is 92.1 cm³/mol. The molecule has 2 atom stereocenters. The van der Waals surface area contributed by atoms with Gasteiger partial charge in [0.05, 0.1) is 16.7 Å². The van der Waals surface area contributed by atoms with Gasteiger partial charge in [0.15, 0.2) is 0 Å². The van der Waals surface area contributed by atoms with Crippen molar-refractivity contribution in [2.75, 3.05) is 26.7 Å².